The van der Waals surface area contributed by atoms with Crippen LogP contribution in [-0.2, 0) is 17.8 Å². The molecule has 1 amide bonds. The summed E-state index contributed by atoms with van der Waals surface area (Å²) >= 11 is 0. The lowest BCUT2D eigenvalue weighted by atomic mass is 10.1. The first-order valence-electron chi connectivity index (χ1n) is 10.8. The normalized spacial score (nSPS) is 21.2. The van der Waals surface area contributed by atoms with Crippen LogP contribution in [0.1, 0.15) is 30.6 Å². The maximum atomic E-state index is 12.8. The Morgan fingerprint density at radius 2 is 1.70 bits per heavy atom. The molecule has 0 radical (unpaired) electrons. The molecule has 1 fully saturated rings. The fraction of sp³-hybridized carbons (Fsp3) is 0.375. The van der Waals surface area contributed by atoms with Gasteiger partial charge in [0.1, 0.15) is 5.69 Å². The van der Waals surface area contributed by atoms with E-state index in [0.29, 0.717) is 6.42 Å². The van der Waals surface area contributed by atoms with E-state index in [-0.39, 0.29) is 18.0 Å². The van der Waals surface area contributed by atoms with Crippen LogP contribution in [0.2, 0.25) is 0 Å². The molecule has 0 unspecified atom stereocenters. The highest BCUT2D eigenvalue weighted by molar-refractivity contribution is 5.76. The molecule has 0 bridgehead atoms. The standard InChI is InChI=1S/C24H27N5O/c1-2-23(30)28-14-13-20-24(19-11-7-4-8-12-19)25-26-29(20)22-17-27(16-21(22)28)15-18-9-5-3-6-10-18/h3-12,21-22H,2,13-17H2,1H3/t21-,22+/m1/s1. The number of aromatic nitrogens is 3. The Kier molecular flexibility index (Phi) is 5.09. The summed E-state index contributed by atoms with van der Waals surface area (Å²) in [7, 11) is 0. The highest BCUT2D eigenvalue weighted by Gasteiger charge is 2.43. The van der Waals surface area contributed by atoms with Gasteiger partial charge in [0.15, 0.2) is 0 Å². The van der Waals surface area contributed by atoms with Crippen LogP contribution in [0.5, 0.6) is 0 Å². The lowest BCUT2D eigenvalue weighted by Gasteiger charge is -2.30. The predicted octanol–water partition coefficient (Wildman–Crippen LogP) is 3.17. The fourth-order valence-corrected chi connectivity index (χ4v) is 4.90. The van der Waals surface area contributed by atoms with Gasteiger partial charge in [0, 0.05) is 44.6 Å². The van der Waals surface area contributed by atoms with E-state index < -0.39 is 0 Å². The zero-order valence-corrected chi connectivity index (χ0v) is 17.3. The topological polar surface area (TPSA) is 54.3 Å². The molecule has 2 aromatic carbocycles. The van der Waals surface area contributed by atoms with Crippen molar-refractivity contribution >= 4 is 5.91 Å². The smallest absolute Gasteiger partial charge is 0.222 e. The van der Waals surface area contributed by atoms with Crippen LogP contribution in [0.15, 0.2) is 60.7 Å². The first-order valence-corrected chi connectivity index (χ1v) is 10.8. The molecule has 0 aliphatic carbocycles. The SMILES string of the molecule is CCC(=O)N1CCc2c(-c3ccccc3)nnn2[C@H]2CN(Cc3ccccc3)C[C@H]21. The highest BCUT2D eigenvalue weighted by atomic mass is 16.2. The minimum absolute atomic E-state index is 0.131. The molecule has 6 heteroatoms. The number of fused-ring (bicyclic) bond motifs is 3. The van der Waals surface area contributed by atoms with Crippen molar-refractivity contribution < 1.29 is 4.79 Å². The summed E-state index contributed by atoms with van der Waals surface area (Å²) < 4.78 is 2.11. The van der Waals surface area contributed by atoms with Crippen LogP contribution < -0.4 is 0 Å². The summed E-state index contributed by atoms with van der Waals surface area (Å²) in [5, 5.41) is 9.16. The Morgan fingerprint density at radius 1 is 1.00 bits per heavy atom. The largest absolute Gasteiger partial charge is 0.336 e. The predicted molar refractivity (Wildman–Crippen MR) is 116 cm³/mol. The summed E-state index contributed by atoms with van der Waals surface area (Å²) in [5.74, 6) is 0.228. The van der Waals surface area contributed by atoms with Gasteiger partial charge in [0.05, 0.1) is 17.8 Å². The van der Waals surface area contributed by atoms with Crippen molar-refractivity contribution in [3.05, 3.63) is 71.9 Å². The molecule has 3 heterocycles. The fourth-order valence-electron chi connectivity index (χ4n) is 4.90. The van der Waals surface area contributed by atoms with E-state index >= 15 is 0 Å². The number of hydrogen-bond acceptors (Lipinski definition) is 4. The maximum Gasteiger partial charge on any atom is 0.222 e. The van der Waals surface area contributed by atoms with Gasteiger partial charge in [0.2, 0.25) is 5.91 Å². The quantitative estimate of drug-likeness (QED) is 0.674. The van der Waals surface area contributed by atoms with Crippen LogP contribution >= 0.6 is 0 Å². The van der Waals surface area contributed by atoms with Gasteiger partial charge in [-0.25, -0.2) is 4.68 Å². The number of likely N-dealkylation sites (tertiary alicyclic amines) is 1. The molecule has 0 N–H and O–H groups in total. The lowest BCUT2D eigenvalue weighted by Crippen LogP contribution is -2.44. The minimum Gasteiger partial charge on any atom is -0.336 e. The van der Waals surface area contributed by atoms with Crippen molar-refractivity contribution in [1.29, 1.82) is 0 Å². The molecular weight excluding hydrogens is 374 g/mol. The molecule has 2 atom stereocenters. The average molecular weight is 402 g/mol. The third-order valence-electron chi connectivity index (χ3n) is 6.35. The molecule has 2 aliphatic heterocycles. The molecule has 5 rings (SSSR count). The zero-order chi connectivity index (χ0) is 20.5. The summed E-state index contributed by atoms with van der Waals surface area (Å²) in [6.45, 7) is 5.30. The first-order chi connectivity index (χ1) is 14.7. The van der Waals surface area contributed by atoms with Gasteiger partial charge in [-0.2, -0.15) is 0 Å². The van der Waals surface area contributed by atoms with Crippen LogP contribution in [-0.4, -0.2) is 56.4 Å². The number of nitrogens with zero attached hydrogens (tertiary/aromatic N) is 5. The molecule has 1 aromatic heterocycles. The van der Waals surface area contributed by atoms with E-state index in [4.69, 9.17) is 0 Å². The molecular formula is C24H27N5O. The number of rotatable bonds is 4. The van der Waals surface area contributed by atoms with Gasteiger partial charge in [-0.05, 0) is 5.56 Å². The van der Waals surface area contributed by atoms with Crippen LogP contribution in [0.25, 0.3) is 11.3 Å². The van der Waals surface area contributed by atoms with Gasteiger partial charge < -0.3 is 4.90 Å². The molecule has 2 aliphatic rings. The highest BCUT2D eigenvalue weighted by Crippen LogP contribution is 2.34. The summed E-state index contributed by atoms with van der Waals surface area (Å²) in [5.41, 5.74) is 4.47. The van der Waals surface area contributed by atoms with Crippen molar-refractivity contribution in [3.8, 4) is 11.3 Å². The second-order valence-electron chi connectivity index (χ2n) is 8.20. The minimum atomic E-state index is 0.131. The number of hydrogen-bond donors (Lipinski definition) is 0. The molecule has 6 nitrogen and oxygen atoms in total. The third kappa shape index (κ3) is 3.41. The monoisotopic (exact) mass is 401 g/mol. The average Bonchev–Trinajstić information content (AvgIpc) is 3.36. The summed E-state index contributed by atoms with van der Waals surface area (Å²) in [6.07, 6.45) is 1.32. The van der Waals surface area contributed by atoms with Gasteiger partial charge >= 0.3 is 0 Å². The lowest BCUT2D eigenvalue weighted by molar-refractivity contribution is -0.133. The van der Waals surface area contributed by atoms with Gasteiger partial charge in [0.25, 0.3) is 0 Å². The Bertz CT molecular complexity index is 1020. The molecule has 0 saturated carbocycles. The maximum absolute atomic E-state index is 12.8. The van der Waals surface area contributed by atoms with Crippen LogP contribution in [0.3, 0.4) is 0 Å². The molecule has 0 spiro atoms. The first kappa shape index (κ1) is 19.0. The Morgan fingerprint density at radius 3 is 2.43 bits per heavy atom. The van der Waals surface area contributed by atoms with Crippen molar-refractivity contribution in [3.63, 3.8) is 0 Å². The van der Waals surface area contributed by atoms with Crippen LogP contribution in [0.4, 0.5) is 0 Å². The van der Waals surface area contributed by atoms with E-state index in [2.05, 4.69) is 61.2 Å². The van der Waals surface area contributed by atoms with E-state index in [1.54, 1.807) is 0 Å². The number of carbonyl (C=O) groups excluding carboxylic acids is 1. The zero-order valence-electron chi connectivity index (χ0n) is 17.3. The second kappa shape index (κ2) is 8.03. The van der Waals surface area contributed by atoms with Crippen LogP contribution in [0, 0.1) is 0 Å². The molecule has 3 aromatic rings. The second-order valence-corrected chi connectivity index (χ2v) is 8.20. The number of benzene rings is 2. The molecule has 154 valence electrons. The van der Waals surface area contributed by atoms with Crippen molar-refractivity contribution in [1.82, 2.24) is 24.8 Å². The number of amides is 1. The van der Waals surface area contributed by atoms with Gasteiger partial charge in [-0.3, -0.25) is 9.69 Å². The van der Waals surface area contributed by atoms with Crippen molar-refractivity contribution in [2.75, 3.05) is 19.6 Å². The van der Waals surface area contributed by atoms with E-state index in [0.717, 1.165) is 49.6 Å². The summed E-state index contributed by atoms with van der Waals surface area (Å²) in [6, 6.07) is 21.0. The Hall–Kier alpha value is -2.99. The molecule has 1 saturated heterocycles. The van der Waals surface area contributed by atoms with Gasteiger partial charge in [-0.15, -0.1) is 5.10 Å². The van der Waals surface area contributed by atoms with E-state index in [9.17, 15) is 4.79 Å². The van der Waals surface area contributed by atoms with E-state index in [1.165, 1.54) is 5.56 Å². The van der Waals surface area contributed by atoms with E-state index in [1.807, 2.05) is 31.2 Å². The van der Waals surface area contributed by atoms with Crippen molar-refractivity contribution in [2.45, 2.75) is 38.4 Å². The number of carbonyl (C=O) groups is 1. The van der Waals surface area contributed by atoms with Crippen molar-refractivity contribution in [2.24, 2.45) is 0 Å². The Balaban J connectivity index is 1.49. The third-order valence-corrected chi connectivity index (χ3v) is 6.35. The van der Waals surface area contributed by atoms with Gasteiger partial charge in [-0.1, -0.05) is 72.8 Å². The Labute approximate surface area is 177 Å². The molecule has 30 heavy (non-hydrogen) atoms. The summed E-state index contributed by atoms with van der Waals surface area (Å²) in [4.78, 5) is 17.4.